The highest BCUT2D eigenvalue weighted by Gasteiger charge is 2.13. The molecule has 1 amide bonds. The molecule has 0 spiro atoms. The van der Waals surface area contributed by atoms with Crippen LogP contribution >= 0.6 is 0 Å². The number of nitrogens with zero attached hydrogens (tertiary/aromatic N) is 2. The van der Waals surface area contributed by atoms with Crippen LogP contribution in [0.5, 0.6) is 11.5 Å². The first kappa shape index (κ1) is 19.2. The zero-order chi connectivity index (χ0) is 19.9. The number of anilines is 2. The highest BCUT2D eigenvalue weighted by Crippen LogP contribution is 2.29. The molecule has 0 saturated carbocycles. The van der Waals surface area contributed by atoms with Gasteiger partial charge in [0.05, 0.1) is 37.4 Å². The monoisotopic (exact) mass is 377 g/mol. The third-order valence-electron chi connectivity index (χ3n) is 4.34. The second-order valence-corrected chi connectivity index (χ2v) is 6.29. The van der Waals surface area contributed by atoms with Crippen LogP contribution < -0.4 is 19.7 Å². The maximum Gasteiger partial charge on any atom is 0.257 e. The van der Waals surface area contributed by atoms with Crippen molar-refractivity contribution < 1.29 is 14.3 Å². The minimum atomic E-state index is -0.269. The van der Waals surface area contributed by atoms with Gasteiger partial charge in [-0.05, 0) is 23.8 Å². The Hall–Kier alpha value is -3.54. The minimum Gasteiger partial charge on any atom is -0.497 e. The second-order valence-electron chi connectivity index (χ2n) is 6.29. The summed E-state index contributed by atoms with van der Waals surface area (Å²) in [5.41, 5.74) is 3.03. The molecule has 1 heterocycles. The molecule has 0 fully saturated rings. The fraction of sp³-hybridized carbons (Fsp3) is 0.182. The fourth-order valence-electron chi connectivity index (χ4n) is 2.82. The van der Waals surface area contributed by atoms with Crippen molar-refractivity contribution in [3.8, 4) is 11.5 Å². The van der Waals surface area contributed by atoms with Crippen LogP contribution in [0.3, 0.4) is 0 Å². The number of carbonyl (C=O) groups is 1. The molecule has 6 nitrogen and oxygen atoms in total. The van der Waals surface area contributed by atoms with Crippen LogP contribution in [0.25, 0.3) is 0 Å². The van der Waals surface area contributed by atoms with Gasteiger partial charge in [-0.1, -0.05) is 30.3 Å². The van der Waals surface area contributed by atoms with Crippen molar-refractivity contribution in [3.05, 3.63) is 78.1 Å². The van der Waals surface area contributed by atoms with Crippen molar-refractivity contribution in [2.75, 3.05) is 31.5 Å². The first-order valence-electron chi connectivity index (χ1n) is 8.84. The number of methoxy groups -OCH3 is 2. The van der Waals surface area contributed by atoms with Crippen LogP contribution in [0.4, 0.5) is 11.4 Å². The molecule has 28 heavy (non-hydrogen) atoms. The standard InChI is InChI=1S/C22H23N3O3/c1-25(15-16-7-5-4-6-8-16)18-11-17(13-23-14-18)22(26)24-20-12-19(27-2)9-10-21(20)28-3/h4-14H,15H2,1-3H3,(H,24,26). The van der Waals surface area contributed by atoms with E-state index in [9.17, 15) is 4.79 Å². The van der Waals surface area contributed by atoms with Gasteiger partial charge in [-0.15, -0.1) is 0 Å². The van der Waals surface area contributed by atoms with Gasteiger partial charge in [-0.2, -0.15) is 0 Å². The lowest BCUT2D eigenvalue weighted by Crippen LogP contribution is -2.18. The Morgan fingerprint density at radius 1 is 1.04 bits per heavy atom. The van der Waals surface area contributed by atoms with Crippen molar-refractivity contribution >= 4 is 17.3 Å². The van der Waals surface area contributed by atoms with E-state index in [1.807, 2.05) is 36.2 Å². The lowest BCUT2D eigenvalue weighted by Gasteiger charge is -2.19. The highest BCUT2D eigenvalue weighted by atomic mass is 16.5. The van der Waals surface area contributed by atoms with Gasteiger partial charge in [0.2, 0.25) is 0 Å². The maximum atomic E-state index is 12.7. The van der Waals surface area contributed by atoms with Crippen LogP contribution in [-0.4, -0.2) is 32.2 Å². The lowest BCUT2D eigenvalue weighted by molar-refractivity contribution is 0.102. The van der Waals surface area contributed by atoms with Gasteiger partial charge in [0.15, 0.2) is 0 Å². The van der Waals surface area contributed by atoms with Crippen LogP contribution in [0.15, 0.2) is 67.0 Å². The smallest absolute Gasteiger partial charge is 0.257 e. The van der Waals surface area contributed by atoms with Crippen molar-refractivity contribution in [2.45, 2.75) is 6.54 Å². The normalized spacial score (nSPS) is 10.2. The lowest BCUT2D eigenvalue weighted by atomic mass is 10.2. The summed E-state index contributed by atoms with van der Waals surface area (Å²) in [7, 11) is 5.10. The third-order valence-corrected chi connectivity index (χ3v) is 4.34. The van der Waals surface area contributed by atoms with Crippen LogP contribution in [-0.2, 0) is 6.54 Å². The van der Waals surface area contributed by atoms with Crippen LogP contribution in [0.2, 0.25) is 0 Å². The fourth-order valence-corrected chi connectivity index (χ4v) is 2.82. The van der Waals surface area contributed by atoms with Crippen molar-refractivity contribution in [1.29, 1.82) is 0 Å². The second kappa shape index (κ2) is 8.90. The molecule has 3 aromatic rings. The molecule has 0 aliphatic rings. The number of aromatic nitrogens is 1. The minimum absolute atomic E-state index is 0.269. The van der Waals surface area contributed by atoms with E-state index in [0.29, 0.717) is 22.7 Å². The number of nitrogens with one attached hydrogen (secondary N) is 1. The molecule has 6 heteroatoms. The Balaban J connectivity index is 1.77. The summed E-state index contributed by atoms with van der Waals surface area (Å²) < 4.78 is 10.5. The number of ether oxygens (including phenoxy) is 2. The number of benzene rings is 2. The molecule has 0 bridgehead atoms. The summed E-state index contributed by atoms with van der Waals surface area (Å²) >= 11 is 0. The molecular formula is C22H23N3O3. The Labute approximate surface area is 164 Å². The molecule has 2 aromatic carbocycles. The van der Waals surface area contributed by atoms with Crippen LogP contribution in [0, 0.1) is 0 Å². The Morgan fingerprint density at radius 3 is 2.54 bits per heavy atom. The van der Waals surface area contributed by atoms with Crippen molar-refractivity contribution in [2.24, 2.45) is 0 Å². The van der Waals surface area contributed by atoms with Gasteiger partial charge >= 0.3 is 0 Å². The number of amides is 1. The number of rotatable bonds is 7. The summed E-state index contributed by atoms with van der Waals surface area (Å²) in [5.74, 6) is 0.916. The largest absolute Gasteiger partial charge is 0.497 e. The first-order valence-corrected chi connectivity index (χ1v) is 8.84. The zero-order valence-electron chi connectivity index (χ0n) is 16.2. The number of hydrogen-bond donors (Lipinski definition) is 1. The molecule has 0 aliphatic heterocycles. The van der Waals surface area contributed by atoms with Crippen LogP contribution in [0.1, 0.15) is 15.9 Å². The SMILES string of the molecule is COc1ccc(OC)c(NC(=O)c2cncc(N(C)Cc3ccccc3)c2)c1. The van der Waals surface area contributed by atoms with Crippen molar-refractivity contribution in [3.63, 3.8) is 0 Å². The van der Waals surface area contributed by atoms with E-state index in [1.165, 1.54) is 5.56 Å². The van der Waals surface area contributed by atoms with E-state index in [-0.39, 0.29) is 5.91 Å². The molecule has 0 saturated heterocycles. The molecule has 0 unspecified atom stereocenters. The van der Waals surface area contributed by atoms with Gasteiger partial charge in [0.25, 0.3) is 5.91 Å². The van der Waals surface area contributed by atoms with Gasteiger partial charge in [0.1, 0.15) is 11.5 Å². The first-order chi connectivity index (χ1) is 13.6. The predicted molar refractivity (Wildman–Crippen MR) is 110 cm³/mol. The summed E-state index contributed by atoms with van der Waals surface area (Å²) in [5, 5.41) is 2.87. The van der Waals surface area contributed by atoms with E-state index >= 15 is 0 Å². The summed E-state index contributed by atoms with van der Waals surface area (Å²) in [4.78, 5) is 19.0. The van der Waals surface area contributed by atoms with Gasteiger partial charge in [-0.25, -0.2) is 0 Å². The van der Waals surface area contributed by atoms with E-state index < -0.39 is 0 Å². The highest BCUT2D eigenvalue weighted by molar-refractivity contribution is 6.05. The average molecular weight is 377 g/mol. The molecule has 0 atom stereocenters. The predicted octanol–water partition coefficient (Wildman–Crippen LogP) is 3.99. The van der Waals surface area contributed by atoms with E-state index in [0.717, 1.165) is 12.2 Å². The van der Waals surface area contributed by atoms with Gasteiger partial charge in [0, 0.05) is 25.9 Å². The average Bonchev–Trinajstić information content (AvgIpc) is 2.74. The maximum absolute atomic E-state index is 12.7. The van der Waals surface area contributed by atoms with E-state index in [4.69, 9.17) is 9.47 Å². The van der Waals surface area contributed by atoms with Crippen molar-refractivity contribution in [1.82, 2.24) is 4.98 Å². The number of hydrogen-bond acceptors (Lipinski definition) is 5. The quantitative estimate of drug-likeness (QED) is 0.675. The molecule has 144 valence electrons. The van der Waals surface area contributed by atoms with Gasteiger partial charge < -0.3 is 19.7 Å². The summed E-state index contributed by atoms with van der Waals surface area (Å²) in [6, 6.07) is 17.2. The Bertz CT molecular complexity index is 945. The third kappa shape index (κ3) is 4.59. The number of carbonyl (C=O) groups excluding carboxylic acids is 1. The molecule has 1 aromatic heterocycles. The summed E-state index contributed by atoms with van der Waals surface area (Å²) in [6.07, 6.45) is 3.29. The Kier molecular flexibility index (Phi) is 6.11. The zero-order valence-corrected chi connectivity index (χ0v) is 16.2. The van der Waals surface area contributed by atoms with E-state index in [1.54, 1.807) is 44.8 Å². The van der Waals surface area contributed by atoms with E-state index in [2.05, 4.69) is 22.4 Å². The topological polar surface area (TPSA) is 63.7 Å². The molecule has 0 radical (unpaired) electrons. The van der Waals surface area contributed by atoms with Gasteiger partial charge in [-0.3, -0.25) is 9.78 Å². The summed E-state index contributed by atoms with van der Waals surface area (Å²) in [6.45, 7) is 0.720. The number of pyridine rings is 1. The molecular weight excluding hydrogens is 354 g/mol. The Morgan fingerprint density at radius 2 is 1.82 bits per heavy atom. The molecule has 0 aliphatic carbocycles. The molecule has 3 rings (SSSR count). The molecule has 1 N–H and O–H groups in total.